The SMILES string of the molecule is CCNC(=NCCc1cccc(C(=O)NC)c1)N(C)CCC1CCOCC1. The van der Waals surface area contributed by atoms with Crippen molar-refractivity contribution >= 4 is 11.9 Å². The predicted molar refractivity (Wildman–Crippen MR) is 110 cm³/mol. The molecule has 1 aliphatic heterocycles. The van der Waals surface area contributed by atoms with E-state index in [2.05, 4.69) is 29.5 Å². The quantitative estimate of drug-likeness (QED) is 0.541. The fraction of sp³-hybridized carbons (Fsp3) is 0.619. The molecule has 0 saturated carbocycles. The fourth-order valence-corrected chi connectivity index (χ4v) is 3.29. The Bertz CT molecular complexity index is 612. The van der Waals surface area contributed by atoms with E-state index in [-0.39, 0.29) is 5.91 Å². The number of amides is 1. The first kappa shape index (κ1) is 21.2. The molecule has 1 saturated heterocycles. The third kappa shape index (κ3) is 7.21. The zero-order chi connectivity index (χ0) is 19.5. The normalized spacial score (nSPS) is 15.4. The summed E-state index contributed by atoms with van der Waals surface area (Å²) in [6.45, 7) is 6.44. The number of nitrogens with zero attached hydrogens (tertiary/aromatic N) is 2. The summed E-state index contributed by atoms with van der Waals surface area (Å²) >= 11 is 0. The molecule has 6 heteroatoms. The summed E-state index contributed by atoms with van der Waals surface area (Å²) in [6.07, 6.45) is 4.33. The van der Waals surface area contributed by atoms with Gasteiger partial charge in [-0.15, -0.1) is 0 Å². The van der Waals surface area contributed by atoms with Crippen LogP contribution in [-0.4, -0.2) is 63.7 Å². The molecule has 1 aromatic carbocycles. The Labute approximate surface area is 163 Å². The van der Waals surface area contributed by atoms with Crippen LogP contribution in [0.15, 0.2) is 29.3 Å². The molecule has 0 aliphatic carbocycles. The lowest BCUT2D eigenvalue weighted by molar-refractivity contribution is 0.0625. The molecule has 0 spiro atoms. The first-order valence-electron chi connectivity index (χ1n) is 10.0. The highest BCUT2D eigenvalue weighted by molar-refractivity contribution is 5.94. The summed E-state index contributed by atoms with van der Waals surface area (Å²) in [6, 6.07) is 7.74. The molecule has 6 nitrogen and oxygen atoms in total. The number of carbonyl (C=O) groups is 1. The Morgan fingerprint density at radius 3 is 2.81 bits per heavy atom. The van der Waals surface area contributed by atoms with Crippen LogP contribution in [0.4, 0.5) is 0 Å². The smallest absolute Gasteiger partial charge is 0.251 e. The third-order valence-electron chi connectivity index (χ3n) is 4.99. The average molecular weight is 375 g/mol. The summed E-state index contributed by atoms with van der Waals surface area (Å²) in [5.41, 5.74) is 1.82. The third-order valence-corrected chi connectivity index (χ3v) is 4.99. The molecule has 1 aromatic rings. The van der Waals surface area contributed by atoms with Gasteiger partial charge in [0.2, 0.25) is 0 Å². The molecule has 2 N–H and O–H groups in total. The molecular weight excluding hydrogens is 340 g/mol. The standard InChI is InChI=1S/C21H34N4O2/c1-4-23-21(25(3)13-9-17-10-14-27-15-11-17)24-12-8-18-6-5-7-19(16-18)20(26)22-2/h5-7,16-17H,4,8-15H2,1-3H3,(H,22,26)(H,23,24). The van der Waals surface area contributed by atoms with Crippen LogP contribution in [0.5, 0.6) is 0 Å². The first-order chi connectivity index (χ1) is 13.1. The number of nitrogens with one attached hydrogen (secondary N) is 2. The van der Waals surface area contributed by atoms with Crippen LogP contribution in [0.2, 0.25) is 0 Å². The van der Waals surface area contributed by atoms with Gasteiger partial charge in [-0.05, 0) is 56.2 Å². The van der Waals surface area contributed by atoms with E-state index in [1.807, 2.05) is 24.3 Å². The Kier molecular flexibility index (Phi) is 9.11. The Morgan fingerprint density at radius 1 is 1.33 bits per heavy atom. The fourth-order valence-electron chi connectivity index (χ4n) is 3.29. The number of hydrogen-bond donors (Lipinski definition) is 2. The van der Waals surface area contributed by atoms with Gasteiger partial charge in [0.25, 0.3) is 5.91 Å². The monoisotopic (exact) mass is 374 g/mol. The number of carbonyl (C=O) groups excluding carboxylic acids is 1. The van der Waals surface area contributed by atoms with E-state index in [0.717, 1.165) is 50.2 Å². The van der Waals surface area contributed by atoms with Crippen molar-refractivity contribution < 1.29 is 9.53 Å². The van der Waals surface area contributed by atoms with E-state index in [0.29, 0.717) is 12.1 Å². The molecule has 27 heavy (non-hydrogen) atoms. The van der Waals surface area contributed by atoms with E-state index in [1.54, 1.807) is 7.05 Å². The van der Waals surface area contributed by atoms with Crippen LogP contribution >= 0.6 is 0 Å². The summed E-state index contributed by atoms with van der Waals surface area (Å²) in [4.78, 5) is 18.8. The molecule has 2 rings (SSSR count). The molecule has 1 amide bonds. The van der Waals surface area contributed by atoms with Crippen molar-refractivity contribution in [3.63, 3.8) is 0 Å². The van der Waals surface area contributed by atoms with E-state index in [4.69, 9.17) is 9.73 Å². The molecule has 0 aromatic heterocycles. The van der Waals surface area contributed by atoms with Crippen LogP contribution in [0.3, 0.4) is 0 Å². The van der Waals surface area contributed by atoms with E-state index >= 15 is 0 Å². The minimum atomic E-state index is -0.0541. The maximum Gasteiger partial charge on any atom is 0.251 e. The van der Waals surface area contributed by atoms with E-state index < -0.39 is 0 Å². The van der Waals surface area contributed by atoms with Gasteiger partial charge in [-0.25, -0.2) is 0 Å². The van der Waals surface area contributed by atoms with Gasteiger partial charge in [-0.2, -0.15) is 0 Å². The molecule has 1 heterocycles. The lowest BCUT2D eigenvalue weighted by Crippen LogP contribution is -2.40. The van der Waals surface area contributed by atoms with Crippen molar-refractivity contribution in [2.24, 2.45) is 10.9 Å². The summed E-state index contributed by atoms with van der Waals surface area (Å²) in [5.74, 6) is 1.66. The number of hydrogen-bond acceptors (Lipinski definition) is 3. The van der Waals surface area contributed by atoms with Crippen molar-refractivity contribution in [1.29, 1.82) is 0 Å². The van der Waals surface area contributed by atoms with Crippen molar-refractivity contribution in [2.75, 3.05) is 46.9 Å². The molecule has 1 fully saturated rings. The van der Waals surface area contributed by atoms with Crippen molar-refractivity contribution in [2.45, 2.75) is 32.6 Å². The average Bonchev–Trinajstić information content (AvgIpc) is 2.71. The Morgan fingerprint density at radius 2 is 2.11 bits per heavy atom. The van der Waals surface area contributed by atoms with Gasteiger partial charge in [0.1, 0.15) is 0 Å². The Balaban J connectivity index is 1.87. The highest BCUT2D eigenvalue weighted by Crippen LogP contribution is 2.18. The van der Waals surface area contributed by atoms with Crippen LogP contribution in [0.25, 0.3) is 0 Å². The predicted octanol–water partition coefficient (Wildman–Crippen LogP) is 2.30. The van der Waals surface area contributed by atoms with Gasteiger partial charge in [-0.1, -0.05) is 12.1 Å². The summed E-state index contributed by atoms with van der Waals surface area (Å²) in [7, 11) is 3.76. The van der Waals surface area contributed by atoms with Gasteiger partial charge in [0.15, 0.2) is 5.96 Å². The van der Waals surface area contributed by atoms with E-state index in [1.165, 1.54) is 19.3 Å². The Hall–Kier alpha value is -2.08. The number of guanidine groups is 1. The summed E-state index contributed by atoms with van der Waals surface area (Å²) < 4.78 is 5.44. The first-order valence-corrected chi connectivity index (χ1v) is 10.0. The van der Waals surface area contributed by atoms with Crippen LogP contribution in [-0.2, 0) is 11.2 Å². The highest BCUT2D eigenvalue weighted by atomic mass is 16.5. The maximum absolute atomic E-state index is 11.8. The molecule has 0 atom stereocenters. The van der Waals surface area contributed by atoms with Gasteiger partial charge in [0, 0.05) is 52.5 Å². The number of rotatable bonds is 8. The van der Waals surface area contributed by atoms with E-state index in [9.17, 15) is 4.79 Å². The molecule has 0 unspecified atom stereocenters. The zero-order valence-electron chi connectivity index (χ0n) is 17.0. The molecular formula is C21H34N4O2. The minimum Gasteiger partial charge on any atom is -0.381 e. The van der Waals surface area contributed by atoms with Crippen molar-refractivity contribution in [3.8, 4) is 0 Å². The topological polar surface area (TPSA) is 66.0 Å². The number of ether oxygens (including phenoxy) is 1. The number of benzene rings is 1. The second kappa shape index (κ2) is 11.6. The molecule has 0 bridgehead atoms. The van der Waals surface area contributed by atoms with Crippen LogP contribution < -0.4 is 10.6 Å². The summed E-state index contributed by atoms with van der Waals surface area (Å²) in [5, 5.41) is 6.05. The van der Waals surface area contributed by atoms with Gasteiger partial charge in [-0.3, -0.25) is 9.79 Å². The second-order valence-electron chi connectivity index (χ2n) is 7.03. The maximum atomic E-state index is 11.8. The highest BCUT2D eigenvalue weighted by Gasteiger charge is 2.15. The van der Waals surface area contributed by atoms with Gasteiger partial charge >= 0.3 is 0 Å². The van der Waals surface area contributed by atoms with Crippen LogP contribution in [0.1, 0.15) is 42.1 Å². The number of aliphatic imine (C=N–C) groups is 1. The molecule has 0 radical (unpaired) electrons. The van der Waals surface area contributed by atoms with Gasteiger partial charge in [0.05, 0.1) is 0 Å². The van der Waals surface area contributed by atoms with Crippen molar-refractivity contribution in [3.05, 3.63) is 35.4 Å². The van der Waals surface area contributed by atoms with Crippen LogP contribution in [0, 0.1) is 5.92 Å². The second-order valence-corrected chi connectivity index (χ2v) is 7.03. The zero-order valence-corrected chi connectivity index (χ0v) is 17.0. The largest absolute Gasteiger partial charge is 0.381 e. The molecule has 1 aliphatic rings. The molecule has 150 valence electrons. The van der Waals surface area contributed by atoms with Gasteiger partial charge < -0.3 is 20.3 Å². The lowest BCUT2D eigenvalue weighted by Gasteiger charge is -2.26. The minimum absolute atomic E-state index is 0.0541. The lowest BCUT2D eigenvalue weighted by atomic mass is 9.96. The van der Waals surface area contributed by atoms with Crippen molar-refractivity contribution in [1.82, 2.24) is 15.5 Å².